The molecule has 0 spiro atoms. The number of nitrogens with one attached hydrogen (secondary N) is 1. The molecule has 0 aliphatic heterocycles. The van der Waals surface area contributed by atoms with Crippen molar-refractivity contribution in [1.29, 1.82) is 0 Å². The van der Waals surface area contributed by atoms with Gasteiger partial charge in [0.1, 0.15) is 5.82 Å². The number of benzene rings is 1. The number of hydrogen-bond donors (Lipinski definition) is 1. The van der Waals surface area contributed by atoms with Gasteiger partial charge in [0.15, 0.2) is 5.96 Å². The maximum Gasteiger partial charge on any atom is 0.193 e. The molecule has 0 radical (unpaired) electrons. The fraction of sp³-hybridized carbons (Fsp3) is 0.421. The fourth-order valence-electron chi connectivity index (χ4n) is 3.20. The molecule has 0 saturated heterocycles. The van der Waals surface area contributed by atoms with Crippen LogP contribution >= 0.6 is 0 Å². The van der Waals surface area contributed by atoms with Crippen molar-refractivity contribution in [3.63, 3.8) is 0 Å². The third-order valence-corrected chi connectivity index (χ3v) is 4.91. The molecule has 2 aromatic rings. The minimum Gasteiger partial charge on any atom is -0.355 e. The van der Waals surface area contributed by atoms with Crippen molar-refractivity contribution in [3.8, 4) is 0 Å². The summed E-state index contributed by atoms with van der Waals surface area (Å²) in [5, 5.41) is 3.43. The molecule has 1 aromatic heterocycles. The number of aromatic nitrogens is 1. The summed E-state index contributed by atoms with van der Waals surface area (Å²) in [5.41, 5.74) is 1.95. The van der Waals surface area contributed by atoms with Crippen LogP contribution in [0.1, 0.15) is 24.1 Å². The number of guanidine groups is 1. The lowest BCUT2D eigenvalue weighted by Crippen LogP contribution is -2.42. The van der Waals surface area contributed by atoms with Gasteiger partial charge in [0, 0.05) is 45.0 Å². The van der Waals surface area contributed by atoms with Crippen LogP contribution in [0.2, 0.25) is 0 Å². The lowest BCUT2D eigenvalue weighted by atomic mass is 9.95. The van der Waals surface area contributed by atoms with E-state index in [9.17, 15) is 4.39 Å². The van der Waals surface area contributed by atoms with Gasteiger partial charge in [-0.1, -0.05) is 18.2 Å². The van der Waals surface area contributed by atoms with Crippen molar-refractivity contribution in [2.75, 3.05) is 20.6 Å². The molecule has 0 bridgehead atoms. The van der Waals surface area contributed by atoms with Crippen molar-refractivity contribution in [1.82, 2.24) is 14.8 Å². The maximum absolute atomic E-state index is 14.1. The number of hydrogen-bond acceptors (Lipinski definition) is 1. The van der Waals surface area contributed by atoms with E-state index in [4.69, 9.17) is 0 Å². The summed E-state index contributed by atoms with van der Waals surface area (Å²) in [6.07, 6.45) is 4.07. The van der Waals surface area contributed by atoms with E-state index in [0.29, 0.717) is 6.54 Å². The molecule has 1 saturated carbocycles. The van der Waals surface area contributed by atoms with Gasteiger partial charge in [0.2, 0.25) is 0 Å². The van der Waals surface area contributed by atoms with Crippen LogP contribution in [-0.4, -0.2) is 36.1 Å². The molecule has 1 aliphatic carbocycles. The van der Waals surface area contributed by atoms with Crippen molar-refractivity contribution >= 4 is 5.96 Å². The van der Waals surface area contributed by atoms with E-state index in [2.05, 4.69) is 25.8 Å². The monoisotopic (exact) mass is 328 g/mol. The van der Waals surface area contributed by atoms with E-state index in [1.165, 1.54) is 5.69 Å². The highest BCUT2D eigenvalue weighted by molar-refractivity contribution is 5.79. The Hall–Kier alpha value is -2.30. The van der Waals surface area contributed by atoms with Crippen LogP contribution in [-0.2, 0) is 19.0 Å². The van der Waals surface area contributed by atoms with Crippen LogP contribution in [0.3, 0.4) is 0 Å². The summed E-state index contributed by atoms with van der Waals surface area (Å²) in [7, 11) is 5.84. The van der Waals surface area contributed by atoms with Crippen LogP contribution in [0.4, 0.5) is 4.39 Å². The zero-order chi connectivity index (χ0) is 17.2. The number of aliphatic imine (C=N–C) groups is 1. The lowest BCUT2D eigenvalue weighted by molar-refractivity contribution is 0.454. The Labute approximate surface area is 143 Å². The molecule has 5 heteroatoms. The van der Waals surface area contributed by atoms with Crippen LogP contribution in [0.15, 0.2) is 47.6 Å². The Kier molecular flexibility index (Phi) is 4.60. The van der Waals surface area contributed by atoms with Crippen LogP contribution in [0.5, 0.6) is 0 Å². The van der Waals surface area contributed by atoms with Crippen LogP contribution in [0.25, 0.3) is 0 Å². The van der Waals surface area contributed by atoms with Gasteiger partial charge in [-0.25, -0.2) is 4.39 Å². The quantitative estimate of drug-likeness (QED) is 0.676. The van der Waals surface area contributed by atoms with Gasteiger partial charge in [-0.15, -0.1) is 0 Å². The van der Waals surface area contributed by atoms with E-state index in [1.807, 2.05) is 38.5 Å². The number of aryl methyl sites for hydroxylation is 1. The number of halogens is 1. The largest absolute Gasteiger partial charge is 0.355 e. The average molecular weight is 328 g/mol. The van der Waals surface area contributed by atoms with E-state index in [0.717, 1.165) is 30.9 Å². The Morgan fingerprint density at radius 2 is 2.04 bits per heavy atom. The summed E-state index contributed by atoms with van der Waals surface area (Å²) in [4.78, 5) is 6.46. The highest BCUT2D eigenvalue weighted by atomic mass is 19.1. The molecule has 1 heterocycles. The predicted molar refractivity (Wildman–Crippen MR) is 95.6 cm³/mol. The first kappa shape index (κ1) is 16.6. The number of nitrogens with zero attached hydrogens (tertiary/aromatic N) is 3. The molecule has 0 unspecified atom stereocenters. The van der Waals surface area contributed by atoms with Gasteiger partial charge >= 0.3 is 0 Å². The standard InChI is InChI=1S/C19H25FN4/c1-21-18(24(3)13-15-7-6-12-23(15)2)22-14-19(10-11-19)16-8-4-5-9-17(16)20/h4-9,12H,10-11,13-14H2,1-3H3,(H,21,22). The molecule has 1 aromatic carbocycles. The second-order valence-corrected chi connectivity index (χ2v) is 6.63. The van der Waals surface area contributed by atoms with Crippen LogP contribution in [0, 0.1) is 5.82 Å². The first-order valence-corrected chi connectivity index (χ1v) is 8.33. The van der Waals surface area contributed by atoms with Gasteiger partial charge in [0.05, 0.1) is 6.54 Å². The number of rotatable bonds is 5. The average Bonchev–Trinajstić information content (AvgIpc) is 3.25. The molecule has 24 heavy (non-hydrogen) atoms. The van der Waals surface area contributed by atoms with Gasteiger partial charge in [0.25, 0.3) is 0 Å². The Balaban J connectivity index is 1.64. The van der Waals surface area contributed by atoms with Crippen molar-refractivity contribution in [2.45, 2.75) is 24.8 Å². The molecule has 3 rings (SSSR count). The summed E-state index contributed by atoms with van der Waals surface area (Å²) in [5.74, 6) is 0.725. The molecule has 0 atom stereocenters. The Morgan fingerprint density at radius 3 is 2.62 bits per heavy atom. The molecule has 0 amide bonds. The molecular weight excluding hydrogens is 303 g/mol. The highest BCUT2D eigenvalue weighted by Gasteiger charge is 2.45. The molecule has 4 nitrogen and oxygen atoms in total. The minimum atomic E-state index is -0.107. The van der Waals surface area contributed by atoms with E-state index in [1.54, 1.807) is 19.2 Å². The Morgan fingerprint density at radius 1 is 1.29 bits per heavy atom. The van der Waals surface area contributed by atoms with Crippen molar-refractivity contribution in [3.05, 3.63) is 59.7 Å². The fourth-order valence-corrected chi connectivity index (χ4v) is 3.20. The SMILES string of the molecule is CN=C(NCC1(c2ccccc2F)CC1)N(C)Cc1cccn1C. The molecule has 1 fully saturated rings. The van der Waals surface area contributed by atoms with Crippen LogP contribution < -0.4 is 5.32 Å². The maximum atomic E-state index is 14.1. The predicted octanol–water partition coefficient (Wildman–Crippen LogP) is 2.90. The third-order valence-electron chi connectivity index (χ3n) is 4.91. The smallest absolute Gasteiger partial charge is 0.193 e. The highest BCUT2D eigenvalue weighted by Crippen LogP contribution is 2.48. The van der Waals surface area contributed by atoms with Crippen molar-refractivity contribution in [2.24, 2.45) is 12.0 Å². The second-order valence-electron chi connectivity index (χ2n) is 6.63. The van der Waals surface area contributed by atoms with Gasteiger partial charge < -0.3 is 14.8 Å². The first-order valence-electron chi connectivity index (χ1n) is 8.33. The molecule has 1 N–H and O–H groups in total. The molecule has 128 valence electrons. The van der Waals surface area contributed by atoms with Crippen molar-refractivity contribution < 1.29 is 4.39 Å². The molecular formula is C19H25FN4. The normalized spacial score (nSPS) is 16.1. The summed E-state index contributed by atoms with van der Waals surface area (Å²) in [6, 6.07) is 11.2. The molecule has 1 aliphatic rings. The first-order chi connectivity index (χ1) is 11.6. The van der Waals surface area contributed by atoms with E-state index in [-0.39, 0.29) is 11.2 Å². The summed E-state index contributed by atoms with van der Waals surface area (Å²) in [6.45, 7) is 1.48. The van der Waals surface area contributed by atoms with E-state index >= 15 is 0 Å². The summed E-state index contributed by atoms with van der Waals surface area (Å²) >= 11 is 0. The van der Waals surface area contributed by atoms with Gasteiger partial charge in [-0.05, 0) is 36.6 Å². The second kappa shape index (κ2) is 6.67. The van der Waals surface area contributed by atoms with Gasteiger partial charge in [-0.3, -0.25) is 4.99 Å². The minimum absolute atomic E-state index is 0.0902. The lowest BCUT2D eigenvalue weighted by Gasteiger charge is -2.25. The van der Waals surface area contributed by atoms with E-state index < -0.39 is 0 Å². The zero-order valence-corrected chi connectivity index (χ0v) is 14.6. The topological polar surface area (TPSA) is 32.6 Å². The zero-order valence-electron chi connectivity index (χ0n) is 14.6. The Bertz CT molecular complexity index is 730. The van der Waals surface area contributed by atoms with Gasteiger partial charge in [-0.2, -0.15) is 0 Å². The third kappa shape index (κ3) is 3.30. The summed E-state index contributed by atoms with van der Waals surface area (Å²) < 4.78 is 16.2.